The second-order valence-corrected chi connectivity index (χ2v) is 3.81. The summed E-state index contributed by atoms with van der Waals surface area (Å²) < 4.78 is 4.99. The van der Waals surface area contributed by atoms with E-state index in [2.05, 4.69) is 0 Å². The molecule has 0 amide bonds. The first-order valence-corrected chi connectivity index (χ1v) is 5.04. The Labute approximate surface area is 92.2 Å². The molecule has 0 unspecified atom stereocenters. The van der Waals surface area contributed by atoms with Crippen molar-refractivity contribution >= 4 is 5.97 Å². The summed E-state index contributed by atoms with van der Waals surface area (Å²) in [5.74, 6) is -0.530. The van der Waals surface area contributed by atoms with Crippen LogP contribution in [0.5, 0.6) is 0 Å². The van der Waals surface area contributed by atoms with Gasteiger partial charge in [-0.15, -0.1) is 0 Å². The van der Waals surface area contributed by atoms with E-state index >= 15 is 0 Å². The molecule has 0 saturated heterocycles. The Morgan fingerprint density at radius 1 is 1.44 bits per heavy atom. The van der Waals surface area contributed by atoms with Crippen LogP contribution in [0.3, 0.4) is 0 Å². The molecule has 0 aromatic heterocycles. The normalized spacial score (nSPS) is 22.5. The van der Waals surface area contributed by atoms with Crippen molar-refractivity contribution in [3.63, 3.8) is 0 Å². The molecule has 2 rings (SSSR count). The quantitative estimate of drug-likeness (QED) is 0.439. The Hall–Kier alpha value is -1.91. The third kappa shape index (κ3) is 2.36. The first-order chi connectivity index (χ1) is 7.68. The fraction of sp³-hybridized carbons (Fsp3) is 0.364. The fourth-order valence-electron chi connectivity index (χ4n) is 1.51. The van der Waals surface area contributed by atoms with E-state index in [1.54, 1.807) is 30.3 Å². The van der Waals surface area contributed by atoms with E-state index in [0.717, 1.165) is 0 Å². The molecule has 1 aliphatic carbocycles. The Bertz CT molecular complexity index is 404. The number of carbonyl (C=O) groups is 1. The van der Waals surface area contributed by atoms with Gasteiger partial charge in [-0.25, -0.2) is 4.79 Å². The maximum Gasteiger partial charge on any atom is 0.338 e. The molecule has 2 atom stereocenters. The van der Waals surface area contributed by atoms with Gasteiger partial charge in [0.1, 0.15) is 6.61 Å². The van der Waals surface area contributed by atoms with E-state index in [0.29, 0.717) is 12.0 Å². The lowest BCUT2D eigenvalue weighted by Gasteiger charge is -2.02. The lowest BCUT2D eigenvalue weighted by atomic mass is 10.2. The van der Waals surface area contributed by atoms with E-state index in [-0.39, 0.29) is 17.4 Å². The van der Waals surface area contributed by atoms with Crippen molar-refractivity contribution in [2.75, 3.05) is 6.61 Å². The smallest absolute Gasteiger partial charge is 0.338 e. The van der Waals surface area contributed by atoms with Gasteiger partial charge in [0.05, 0.1) is 11.5 Å². The number of rotatable bonds is 4. The average molecular weight is 221 g/mol. The SMILES string of the molecule is O=C(OC[C@H]1C[C@@H]1[N+](=O)[O-])c1ccccc1. The second-order valence-electron chi connectivity index (χ2n) is 3.81. The molecule has 84 valence electrons. The summed E-state index contributed by atoms with van der Waals surface area (Å²) in [5.41, 5.74) is 0.473. The maximum atomic E-state index is 11.5. The second kappa shape index (κ2) is 4.30. The zero-order chi connectivity index (χ0) is 11.5. The molecule has 5 heteroatoms. The molecule has 1 fully saturated rings. The molecule has 1 aliphatic rings. The molecule has 5 nitrogen and oxygen atoms in total. The molecule has 0 radical (unpaired) electrons. The molecule has 16 heavy (non-hydrogen) atoms. The van der Waals surface area contributed by atoms with Gasteiger partial charge in [-0.3, -0.25) is 10.1 Å². The van der Waals surface area contributed by atoms with Gasteiger partial charge in [0, 0.05) is 11.3 Å². The first kappa shape index (κ1) is 10.6. The molecule has 0 spiro atoms. The van der Waals surface area contributed by atoms with Gasteiger partial charge in [0.25, 0.3) is 0 Å². The van der Waals surface area contributed by atoms with Crippen molar-refractivity contribution in [3.05, 3.63) is 46.0 Å². The average Bonchev–Trinajstić information content (AvgIpc) is 3.06. The summed E-state index contributed by atoms with van der Waals surface area (Å²) in [6.45, 7) is 0.138. The Kier molecular flexibility index (Phi) is 2.85. The molecule has 0 N–H and O–H groups in total. The predicted molar refractivity (Wildman–Crippen MR) is 55.6 cm³/mol. The lowest BCUT2D eigenvalue weighted by molar-refractivity contribution is -0.498. The lowest BCUT2D eigenvalue weighted by Crippen LogP contribution is -2.11. The van der Waals surface area contributed by atoms with Crippen LogP contribution in [-0.4, -0.2) is 23.5 Å². The number of esters is 1. The van der Waals surface area contributed by atoms with Gasteiger partial charge >= 0.3 is 5.97 Å². The third-order valence-corrected chi connectivity index (χ3v) is 2.59. The Balaban J connectivity index is 1.80. The summed E-state index contributed by atoms with van der Waals surface area (Å²) in [6, 6.07) is 8.07. The van der Waals surface area contributed by atoms with Gasteiger partial charge in [-0.1, -0.05) is 18.2 Å². The predicted octanol–water partition coefficient (Wildman–Crippen LogP) is 1.51. The maximum absolute atomic E-state index is 11.5. The number of nitro groups is 1. The number of nitrogens with zero attached hydrogens (tertiary/aromatic N) is 1. The standard InChI is InChI=1S/C11H11NO4/c13-11(8-4-2-1-3-5-8)16-7-9-6-10(9)12(14)15/h1-5,9-10H,6-7H2/t9-,10+/m1/s1. The van der Waals surface area contributed by atoms with Crippen LogP contribution in [0.4, 0.5) is 0 Å². The molecule has 1 saturated carbocycles. The highest BCUT2D eigenvalue weighted by Gasteiger charge is 2.48. The highest BCUT2D eigenvalue weighted by molar-refractivity contribution is 5.89. The van der Waals surface area contributed by atoms with Crippen molar-refractivity contribution in [1.82, 2.24) is 0 Å². The number of benzene rings is 1. The van der Waals surface area contributed by atoms with E-state index in [4.69, 9.17) is 4.74 Å². The molecule has 0 aliphatic heterocycles. The van der Waals surface area contributed by atoms with Crippen LogP contribution in [0.15, 0.2) is 30.3 Å². The van der Waals surface area contributed by atoms with Crippen molar-refractivity contribution in [1.29, 1.82) is 0 Å². The number of hydrogen-bond acceptors (Lipinski definition) is 4. The van der Waals surface area contributed by atoms with Gasteiger partial charge in [-0.05, 0) is 12.1 Å². The molecular formula is C11H11NO4. The molecular weight excluding hydrogens is 210 g/mol. The first-order valence-electron chi connectivity index (χ1n) is 5.04. The van der Waals surface area contributed by atoms with Crippen LogP contribution in [0.1, 0.15) is 16.8 Å². The third-order valence-electron chi connectivity index (χ3n) is 2.59. The zero-order valence-electron chi connectivity index (χ0n) is 8.54. The van der Waals surface area contributed by atoms with Gasteiger partial charge in [-0.2, -0.15) is 0 Å². The Morgan fingerprint density at radius 2 is 2.12 bits per heavy atom. The Morgan fingerprint density at radius 3 is 2.69 bits per heavy atom. The minimum Gasteiger partial charge on any atom is -0.462 e. The van der Waals surface area contributed by atoms with Crippen molar-refractivity contribution < 1.29 is 14.5 Å². The summed E-state index contributed by atoms with van der Waals surface area (Å²) >= 11 is 0. The summed E-state index contributed by atoms with van der Waals surface area (Å²) in [7, 11) is 0. The molecule has 1 aromatic carbocycles. The molecule has 1 aromatic rings. The van der Waals surface area contributed by atoms with Crippen molar-refractivity contribution in [2.24, 2.45) is 5.92 Å². The topological polar surface area (TPSA) is 69.4 Å². The minimum atomic E-state index is -0.524. The van der Waals surface area contributed by atoms with E-state index in [1.807, 2.05) is 0 Å². The van der Waals surface area contributed by atoms with Gasteiger partial charge in [0.15, 0.2) is 0 Å². The highest BCUT2D eigenvalue weighted by atomic mass is 16.6. The van der Waals surface area contributed by atoms with Crippen LogP contribution >= 0.6 is 0 Å². The van der Waals surface area contributed by atoms with E-state index in [1.165, 1.54) is 0 Å². The van der Waals surface area contributed by atoms with Crippen molar-refractivity contribution in [2.45, 2.75) is 12.5 Å². The van der Waals surface area contributed by atoms with Crippen LogP contribution < -0.4 is 0 Å². The van der Waals surface area contributed by atoms with Gasteiger partial charge < -0.3 is 4.74 Å². The fourth-order valence-corrected chi connectivity index (χ4v) is 1.51. The minimum absolute atomic E-state index is 0.109. The van der Waals surface area contributed by atoms with Crippen molar-refractivity contribution in [3.8, 4) is 0 Å². The zero-order valence-corrected chi connectivity index (χ0v) is 8.54. The van der Waals surface area contributed by atoms with Crippen LogP contribution in [0.25, 0.3) is 0 Å². The van der Waals surface area contributed by atoms with Crippen LogP contribution in [-0.2, 0) is 4.74 Å². The number of ether oxygens (including phenoxy) is 1. The number of carbonyl (C=O) groups excluding carboxylic acids is 1. The van der Waals surface area contributed by atoms with E-state index < -0.39 is 12.0 Å². The monoisotopic (exact) mass is 221 g/mol. The molecule has 0 bridgehead atoms. The highest BCUT2D eigenvalue weighted by Crippen LogP contribution is 2.33. The van der Waals surface area contributed by atoms with Crippen LogP contribution in [0.2, 0.25) is 0 Å². The van der Waals surface area contributed by atoms with Gasteiger partial charge in [0.2, 0.25) is 6.04 Å². The number of hydrogen-bond donors (Lipinski definition) is 0. The summed E-state index contributed by atoms with van der Waals surface area (Å²) in [6.07, 6.45) is 0.509. The molecule has 0 heterocycles. The van der Waals surface area contributed by atoms with E-state index in [9.17, 15) is 14.9 Å². The largest absolute Gasteiger partial charge is 0.462 e. The van der Waals surface area contributed by atoms with Crippen LogP contribution in [0, 0.1) is 16.0 Å². The summed E-state index contributed by atoms with van der Waals surface area (Å²) in [4.78, 5) is 21.5. The summed E-state index contributed by atoms with van der Waals surface area (Å²) in [5, 5.41) is 10.4.